The average Bonchev–Trinajstić information content (AvgIpc) is 2.49. The number of nitrogens with zero attached hydrogens (tertiary/aromatic N) is 3. The summed E-state index contributed by atoms with van der Waals surface area (Å²) in [6.45, 7) is 0. The van der Waals surface area contributed by atoms with E-state index in [0.717, 1.165) is 0 Å². The molecule has 0 aliphatic carbocycles. The van der Waals surface area contributed by atoms with Gasteiger partial charge in [-0.3, -0.25) is 9.97 Å². The third-order valence-electron chi connectivity index (χ3n) is 2.74. The molecule has 1 aromatic carbocycles. The first kappa shape index (κ1) is 13.8. The fourth-order valence-corrected chi connectivity index (χ4v) is 2.15. The van der Waals surface area contributed by atoms with Crippen LogP contribution in [0.3, 0.4) is 0 Å². The molecule has 0 N–H and O–H groups in total. The zero-order valence-electron chi connectivity index (χ0n) is 10.5. The van der Waals surface area contributed by atoms with Gasteiger partial charge in [-0.1, -0.05) is 0 Å². The van der Waals surface area contributed by atoms with Crippen LogP contribution in [0.5, 0.6) is 11.6 Å². The number of hydrogen-bond donors (Lipinski definition) is 0. The van der Waals surface area contributed by atoms with Gasteiger partial charge < -0.3 is 4.74 Å². The smallest absolute Gasteiger partial charge is 0.269 e. The maximum atomic E-state index is 13.0. The van der Waals surface area contributed by atoms with Crippen molar-refractivity contribution in [1.82, 2.24) is 15.0 Å². The number of hydrogen-bond acceptors (Lipinski definition) is 4. The van der Waals surface area contributed by atoms with Crippen LogP contribution < -0.4 is 4.74 Å². The third kappa shape index (κ3) is 2.97. The predicted octanol–water partition coefficient (Wildman–Crippen LogP) is 4.52. The van der Waals surface area contributed by atoms with Gasteiger partial charge in [0.1, 0.15) is 5.75 Å². The van der Waals surface area contributed by atoms with Gasteiger partial charge in [-0.25, -0.2) is 13.8 Å². The van der Waals surface area contributed by atoms with Crippen LogP contribution in [-0.2, 0) is 0 Å². The van der Waals surface area contributed by atoms with E-state index in [1.165, 1.54) is 12.3 Å². The van der Waals surface area contributed by atoms with Gasteiger partial charge in [0, 0.05) is 29.1 Å². The Labute approximate surface area is 127 Å². The highest BCUT2D eigenvalue weighted by atomic mass is 79.9. The number of alkyl halides is 2. The molecule has 3 rings (SSSR count). The van der Waals surface area contributed by atoms with Crippen molar-refractivity contribution >= 4 is 27.0 Å². The molecule has 21 heavy (non-hydrogen) atoms. The predicted molar refractivity (Wildman–Crippen MR) is 76.5 cm³/mol. The lowest BCUT2D eigenvalue weighted by molar-refractivity contribution is 0.147. The van der Waals surface area contributed by atoms with Crippen molar-refractivity contribution in [2.75, 3.05) is 0 Å². The summed E-state index contributed by atoms with van der Waals surface area (Å²) < 4.78 is 31.9. The minimum atomic E-state index is -2.68. The van der Waals surface area contributed by atoms with Gasteiger partial charge in [0.25, 0.3) is 6.43 Å². The Balaban J connectivity index is 1.98. The zero-order chi connectivity index (χ0) is 14.8. The minimum absolute atomic E-state index is 0.128. The Morgan fingerprint density at radius 1 is 1.00 bits per heavy atom. The lowest BCUT2D eigenvalue weighted by atomic mass is 10.2. The first-order chi connectivity index (χ1) is 10.1. The van der Waals surface area contributed by atoms with E-state index in [9.17, 15) is 8.78 Å². The van der Waals surface area contributed by atoms with Gasteiger partial charge >= 0.3 is 0 Å². The van der Waals surface area contributed by atoms with Crippen molar-refractivity contribution < 1.29 is 13.5 Å². The third-order valence-corrected chi connectivity index (χ3v) is 3.17. The maximum Gasteiger partial charge on any atom is 0.269 e. The number of halogens is 3. The number of fused-ring (bicyclic) bond motifs is 1. The normalized spacial score (nSPS) is 11.0. The Morgan fingerprint density at radius 3 is 2.52 bits per heavy atom. The highest BCUT2D eigenvalue weighted by Gasteiger charge is 2.17. The summed E-state index contributed by atoms with van der Waals surface area (Å²) in [5.74, 6) is 0.246. The van der Waals surface area contributed by atoms with E-state index in [1.54, 1.807) is 30.6 Å². The summed E-state index contributed by atoms with van der Waals surface area (Å²) in [5.41, 5.74) is 1.04. The second-order valence-corrected chi connectivity index (χ2v) is 5.07. The molecule has 7 heteroatoms. The van der Waals surface area contributed by atoms with Gasteiger partial charge in [-0.2, -0.15) is 0 Å². The highest BCUT2D eigenvalue weighted by molar-refractivity contribution is 9.10. The highest BCUT2D eigenvalue weighted by Crippen LogP contribution is 2.32. The largest absolute Gasteiger partial charge is 0.438 e. The van der Waals surface area contributed by atoms with Crippen LogP contribution in [0.4, 0.5) is 8.78 Å². The number of benzene rings is 1. The topological polar surface area (TPSA) is 47.9 Å². The lowest BCUT2D eigenvalue weighted by Crippen LogP contribution is -1.96. The number of rotatable bonds is 3. The second kappa shape index (κ2) is 5.69. The summed E-state index contributed by atoms with van der Waals surface area (Å²) in [4.78, 5) is 12.2. The van der Waals surface area contributed by atoms with Crippen LogP contribution in [-0.4, -0.2) is 15.0 Å². The van der Waals surface area contributed by atoms with Gasteiger partial charge in [0.05, 0.1) is 16.6 Å². The number of ether oxygens (including phenoxy) is 1. The Bertz CT molecular complexity index is 798. The Kier molecular flexibility index (Phi) is 3.74. The van der Waals surface area contributed by atoms with E-state index in [-0.39, 0.29) is 11.4 Å². The Hall–Kier alpha value is -2.15. The molecule has 3 aromatic rings. The molecular formula is C14H8BrF2N3O. The second-order valence-electron chi connectivity index (χ2n) is 4.16. The van der Waals surface area contributed by atoms with E-state index < -0.39 is 6.43 Å². The fraction of sp³-hybridized carbons (Fsp3) is 0.0714. The van der Waals surface area contributed by atoms with E-state index in [4.69, 9.17) is 4.74 Å². The molecule has 0 saturated carbocycles. The lowest BCUT2D eigenvalue weighted by Gasteiger charge is -2.10. The first-order valence-corrected chi connectivity index (χ1v) is 6.75. The van der Waals surface area contributed by atoms with Gasteiger partial charge in [-0.05, 0) is 34.1 Å². The van der Waals surface area contributed by atoms with Gasteiger partial charge in [0.15, 0.2) is 0 Å². The standard InChI is InChI=1S/C14H8BrF2N3O/c15-8-5-10(13(16)17)14(20-7-8)21-9-1-2-11-12(6-9)19-4-3-18-11/h1-7,13H. The molecule has 2 heterocycles. The fourth-order valence-electron chi connectivity index (χ4n) is 1.80. The monoisotopic (exact) mass is 351 g/mol. The molecule has 0 bridgehead atoms. The van der Waals surface area contributed by atoms with E-state index in [0.29, 0.717) is 21.3 Å². The molecule has 0 spiro atoms. The summed E-state index contributed by atoms with van der Waals surface area (Å²) >= 11 is 3.11. The molecule has 0 radical (unpaired) electrons. The van der Waals surface area contributed by atoms with Crippen LogP contribution in [0.15, 0.2) is 47.3 Å². The van der Waals surface area contributed by atoms with Crippen LogP contribution in [0.1, 0.15) is 12.0 Å². The summed E-state index contributed by atoms with van der Waals surface area (Å²) in [6.07, 6.45) is 1.86. The average molecular weight is 352 g/mol. The molecule has 0 amide bonds. The number of aromatic nitrogens is 3. The molecule has 0 fully saturated rings. The van der Waals surface area contributed by atoms with Crippen LogP contribution in [0, 0.1) is 0 Å². The van der Waals surface area contributed by atoms with Crippen LogP contribution >= 0.6 is 15.9 Å². The van der Waals surface area contributed by atoms with E-state index in [1.807, 2.05) is 0 Å². The number of pyridine rings is 1. The summed E-state index contributed by atoms with van der Waals surface area (Å²) in [7, 11) is 0. The van der Waals surface area contributed by atoms with Crippen molar-refractivity contribution in [3.63, 3.8) is 0 Å². The van der Waals surface area contributed by atoms with Crippen molar-refractivity contribution in [3.8, 4) is 11.6 Å². The van der Waals surface area contributed by atoms with Crippen LogP contribution in [0.2, 0.25) is 0 Å². The first-order valence-electron chi connectivity index (χ1n) is 5.96. The molecule has 106 valence electrons. The van der Waals surface area contributed by atoms with E-state index >= 15 is 0 Å². The van der Waals surface area contributed by atoms with E-state index in [2.05, 4.69) is 30.9 Å². The molecule has 0 atom stereocenters. The molecule has 4 nitrogen and oxygen atoms in total. The van der Waals surface area contributed by atoms with Crippen molar-refractivity contribution in [1.29, 1.82) is 0 Å². The quantitative estimate of drug-likeness (QED) is 0.696. The van der Waals surface area contributed by atoms with Crippen molar-refractivity contribution in [2.45, 2.75) is 6.43 Å². The summed E-state index contributed by atoms with van der Waals surface area (Å²) in [6, 6.07) is 6.25. The molecular weight excluding hydrogens is 344 g/mol. The van der Waals surface area contributed by atoms with Crippen molar-refractivity contribution in [2.24, 2.45) is 0 Å². The molecule has 0 saturated heterocycles. The molecule has 2 aromatic heterocycles. The Morgan fingerprint density at radius 2 is 1.76 bits per heavy atom. The summed E-state index contributed by atoms with van der Waals surface area (Å²) in [5, 5.41) is 0. The SMILES string of the molecule is FC(F)c1cc(Br)cnc1Oc1ccc2nccnc2c1. The minimum Gasteiger partial charge on any atom is -0.438 e. The van der Waals surface area contributed by atoms with Gasteiger partial charge in [-0.15, -0.1) is 0 Å². The van der Waals surface area contributed by atoms with Gasteiger partial charge in [0.2, 0.25) is 5.88 Å². The molecule has 0 aliphatic heterocycles. The zero-order valence-corrected chi connectivity index (χ0v) is 12.1. The van der Waals surface area contributed by atoms with Crippen LogP contribution in [0.25, 0.3) is 11.0 Å². The molecule has 0 unspecified atom stereocenters. The maximum absolute atomic E-state index is 13.0. The van der Waals surface area contributed by atoms with Crippen molar-refractivity contribution in [3.05, 3.63) is 52.9 Å². The molecule has 0 aliphatic rings.